The number of carbonyl (C=O) groups excluding carboxylic acids is 2. The van der Waals surface area contributed by atoms with Gasteiger partial charge in [-0.2, -0.15) is 0 Å². The van der Waals surface area contributed by atoms with Gasteiger partial charge < -0.3 is 15.4 Å². The molecule has 7 nitrogen and oxygen atoms in total. The first-order valence-electron chi connectivity index (χ1n) is 12.5. The molecule has 0 aromatic heterocycles. The summed E-state index contributed by atoms with van der Waals surface area (Å²) in [7, 11) is 0. The summed E-state index contributed by atoms with van der Waals surface area (Å²) in [5, 5.41) is 5.83. The van der Waals surface area contributed by atoms with Crippen molar-refractivity contribution in [2.75, 3.05) is 50.0 Å². The van der Waals surface area contributed by atoms with E-state index in [1.165, 1.54) is 5.56 Å². The smallest absolute Gasteiger partial charge is 0.255 e. The predicted molar refractivity (Wildman–Crippen MR) is 143 cm³/mol. The molecule has 0 bridgehead atoms. The maximum Gasteiger partial charge on any atom is 0.255 e. The summed E-state index contributed by atoms with van der Waals surface area (Å²) < 4.78 is 5.42. The lowest BCUT2D eigenvalue weighted by atomic mass is 10.2. The highest BCUT2D eigenvalue weighted by Gasteiger charge is 2.17. The van der Waals surface area contributed by atoms with Gasteiger partial charge in [0.25, 0.3) is 5.91 Å². The lowest BCUT2D eigenvalue weighted by molar-refractivity contribution is -0.117. The molecular formula is C29H34N4O3. The zero-order valence-corrected chi connectivity index (χ0v) is 20.8. The topological polar surface area (TPSA) is 73.9 Å². The highest BCUT2D eigenvalue weighted by atomic mass is 16.5. The van der Waals surface area contributed by atoms with Crippen LogP contribution in [0, 0.1) is 0 Å². The molecule has 2 N–H and O–H groups in total. The molecular weight excluding hydrogens is 452 g/mol. The SMILES string of the molecule is CCOc1ccc(NC(=O)c2ccc(NC(=O)CN3CCCN(Cc4ccccc4)CC3)cc2)cc1. The highest BCUT2D eigenvalue weighted by Crippen LogP contribution is 2.17. The molecule has 0 aliphatic carbocycles. The Morgan fingerprint density at radius 3 is 2.14 bits per heavy atom. The van der Waals surface area contributed by atoms with Crippen LogP contribution in [0.5, 0.6) is 5.75 Å². The first-order chi connectivity index (χ1) is 17.6. The lowest BCUT2D eigenvalue weighted by Gasteiger charge is -2.21. The molecule has 1 fully saturated rings. The van der Waals surface area contributed by atoms with Gasteiger partial charge in [-0.05, 0) is 80.5 Å². The Hall–Kier alpha value is -3.68. The summed E-state index contributed by atoms with van der Waals surface area (Å²) >= 11 is 0. The van der Waals surface area contributed by atoms with Crippen LogP contribution >= 0.6 is 0 Å². The largest absolute Gasteiger partial charge is 0.494 e. The molecule has 0 unspecified atom stereocenters. The molecule has 3 aromatic carbocycles. The molecule has 7 heteroatoms. The van der Waals surface area contributed by atoms with Crippen LogP contribution in [0.1, 0.15) is 29.3 Å². The second kappa shape index (κ2) is 12.9. The van der Waals surface area contributed by atoms with Crippen LogP contribution in [-0.2, 0) is 11.3 Å². The monoisotopic (exact) mass is 486 g/mol. The summed E-state index contributed by atoms with van der Waals surface area (Å²) in [6.45, 7) is 7.58. The minimum atomic E-state index is -0.207. The maximum absolute atomic E-state index is 12.6. The van der Waals surface area contributed by atoms with E-state index >= 15 is 0 Å². The molecule has 3 aromatic rings. The summed E-state index contributed by atoms with van der Waals surface area (Å²) in [5.41, 5.74) is 3.21. The minimum absolute atomic E-state index is 0.0434. The third-order valence-electron chi connectivity index (χ3n) is 6.15. The van der Waals surface area contributed by atoms with E-state index < -0.39 is 0 Å². The minimum Gasteiger partial charge on any atom is -0.494 e. The lowest BCUT2D eigenvalue weighted by Crippen LogP contribution is -2.36. The highest BCUT2D eigenvalue weighted by molar-refractivity contribution is 6.04. The van der Waals surface area contributed by atoms with Gasteiger partial charge in [0.15, 0.2) is 0 Å². The zero-order valence-electron chi connectivity index (χ0n) is 20.8. The first-order valence-corrected chi connectivity index (χ1v) is 12.5. The second-order valence-electron chi connectivity index (χ2n) is 8.93. The van der Waals surface area contributed by atoms with Crippen LogP contribution in [0.2, 0.25) is 0 Å². The molecule has 1 aliphatic heterocycles. The zero-order chi connectivity index (χ0) is 25.2. The van der Waals surface area contributed by atoms with E-state index in [1.54, 1.807) is 36.4 Å². The molecule has 188 valence electrons. The van der Waals surface area contributed by atoms with E-state index in [0.29, 0.717) is 30.1 Å². The number of hydrogen-bond acceptors (Lipinski definition) is 5. The van der Waals surface area contributed by atoms with Crippen LogP contribution in [0.4, 0.5) is 11.4 Å². The van der Waals surface area contributed by atoms with Crippen LogP contribution in [-0.4, -0.2) is 60.9 Å². The molecule has 1 heterocycles. The quantitative estimate of drug-likeness (QED) is 0.466. The molecule has 0 atom stereocenters. The Kier molecular flexibility index (Phi) is 9.08. The molecule has 0 saturated carbocycles. The Labute approximate surface area is 213 Å². The van der Waals surface area contributed by atoms with Crippen molar-refractivity contribution in [2.24, 2.45) is 0 Å². The van der Waals surface area contributed by atoms with Gasteiger partial charge >= 0.3 is 0 Å². The van der Waals surface area contributed by atoms with E-state index in [2.05, 4.69) is 44.7 Å². The van der Waals surface area contributed by atoms with E-state index in [1.807, 2.05) is 25.1 Å². The Morgan fingerprint density at radius 1 is 0.778 bits per heavy atom. The van der Waals surface area contributed by atoms with Gasteiger partial charge in [-0.3, -0.25) is 19.4 Å². The summed E-state index contributed by atoms with van der Waals surface area (Å²) in [6.07, 6.45) is 1.04. The molecule has 1 aliphatic rings. The number of amides is 2. The first kappa shape index (κ1) is 25.4. The van der Waals surface area contributed by atoms with E-state index in [-0.39, 0.29) is 11.8 Å². The number of hydrogen-bond donors (Lipinski definition) is 2. The fourth-order valence-electron chi connectivity index (χ4n) is 4.30. The Morgan fingerprint density at radius 2 is 1.42 bits per heavy atom. The standard InChI is InChI=1S/C29H34N4O3/c1-2-36-27-15-13-26(14-16-27)31-29(35)24-9-11-25(12-10-24)30-28(34)22-33-18-6-17-32(19-20-33)21-23-7-4-3-5-8-23/h3-5,7-16H,2,6,17-22H2,1H3,(H,30,34)(H,31,35). The van der Waals surface area contributed by atoms with E-state index in [4.69, 9.17) is 4.74 Å². The van der Waals surface area contributed by atoms with Crippen molar-refractivity contribution in [3.8, 4) is 5.75 Å². The van der Waals surface area contributed by atoms with Gasteiger partial charge in [-0.1, -0.05) is 30.3 Å². The fourth-order valence-corrected chi connectivity index (χ4v) is 4.30. The Balaban J connectivity index is 1.22. The molecule has 0 spiro atoms. The average molecular weight is 487 g/mol. The molecule has 36 heavy (non-hydrogen) atoms. The fraction of sp³-hybridized carbons (Fsp3) is 0.310. The number of benzene rings is 3. The third kappa shape index (κ3) is 7.66. The van der Waals surface area contributed by atoms with Crippen LogP contribution in [0.3, 0.4) is 0 Å². The maximum atomic E-state index is 12.6. The Bertz CT molecular complexity index is 1120. The van der Waals surface area contributed by atoms with E-state index in [9.17, 15) is 9.59 Å². The van der Waals surface area contributed by atoms with Crippen LogP contribution in [0.15, 0.2) is 78.9 Å². The van der Waals surface area contributed by atoms with Gasteiger partial charge in [0, 0.05) is 36.6 Å². The van der Waals surface area contributed by atoms with Crippen molar-refractivity contribution in [1.82, 2.24) is 9.80 Å². The van der Waals surface area contributed by atoms with Crippen molar-refractivity contribution < 1.29 is 14.3 Å². The van der Waals surface area contributed by atoms with Crippen molar-refractivity contribution in [1.29, 1.82) is 0 Å². The number of rotatable bonds is 9. The van der Waals surface area contributed by atoms with Gasteiger partial charge in [0.2, 0.25) is 5.91 Å². The van der Waals surface area contributed by atoms with Gasteiger partial charge in [-0.15, -0.1) is 0 Å². The van der Waals surface area contributed by atoms with Gasteiger partial charge in [0.05, 0.1) is 13.2 Å². The summed E-state index contributed by atoms with van der Waals surface area (Å²) in [5.74, 6) is 0.514. The number of ether oxygens (including phenoxy) is 1. The summed E-state index contributed by atoms with van der Waals surface area (Å²) in [4.78, 5) is 29.9. The van der Waals surface area contributed by atoms with Crippen molar-refractivity contribution in [3.05, 3.63) is 90.0 Å². The predicted octanol–water partition coefficient (Wildman–Crippen LogP) is 4.48. The number of nitrogens with one attached hydrogen (secondary N) is 2. The molecule has 0 radical (unpaired) electrons. The summed E-state index contributed by atoms with van der Waals surface area (Å²) in [6, 6.07) is 24.7. The van der Waals surface area contributed by atoms with Crippen molar-refractivity contribution >= 4 is 23.2 Å². The normalized spacial score (nSPS) is 14.6. The number of carbonyl (C=O) groups is 2. The third-order valence-corrected chi connectivity index (χ3v) is 6.15. The second-order valence-corrected chi connectivity index (χ2v) is 8.93. The van der Waals surface area contributed by atoms with Gasteiger partial charge in [0.1, 0.15) is 5.75 Å². The molecule has 4 rings (SSSR count). The average Bonchev–Trinajstić information content (AvgIpc) is 3.11. The van der Waals surface area contributed by atoms with Crippen LogP contribution in [0.25, 0.3) is 0 Å². The van der Waals surface area contributed by atoms with E-state index in [0.717, 1.165) is 44.9 Å². The van der Waals surface area contributed by atoms with Crippen LogP contribution < -0.4 is 15.4 Å². The van der Waals surface area contributed by atoms with Gasteiger partial charge in [-0.25, -0.2) is 0 Å². The van der Waals surface area contributed by atoms with Crippen molar-refractivity contribution in [2.45, 2.75) is 19.9 Å². The number of nitrogens with zero attached hydrogens (tertiary/aromatic N) is 2. The molecule has 2 amide bonds. The van der Waals surface area contributed by atoms with Crippen molar-refractivity contribution in [3.63, 3.8) is 0 Å². The molecule has 1 saturated heterocycles. The number of anilines is 2.